The van der Waals surface area contributed by atoms with Crippen LogP contribution >= 0.6 is 0 Å². The van der Waals surface area contributed by atoms with Gasteiger partial charge in [-0.15, -0.1) is 0 Å². The lowest BCUT2D eigenvalue weighted by Crippen LogP contribution is -2.22. The highest BCUT2D eigenvalue weighted by molar-refractivity contribution is 5.86. The fraction of sp³-hybridized carbons (Fsp3) is 0.250. The maximum absolute atomic E-state index is 12.6. The Morgan fingerprint density at radius 1 is 1.07 bits per heavy atom. The number of aromatic amines is 1. The Kier molecular flexibility index (Phi) is 4.97. The fourth-order valence-electron chi connectivity index (χ4n) is 4.10. The molecular formula is C24H25N3O2. The van der Waals surface area contributed by atoms with Gasteiger partial charge in [-0.3, -0.25) is 4.79 Å². The van der Waals surface area contributed by atoms with Gasteiger partial charge in [0.05, 0.1) is 12.7 Å². The summed E-state index contributed by atoms with van der Waals surface area (Å²) in [4.78, 5) is 20.4. The van der Waals surface area contributed by atoms with Crippen LogP contribution in [0.5, 0.6) is 5.75 Å². The smallest absolute Gasteiger partial charge is 0.281 e. The maximum Gasteiger partial charge on any atom is 0.281 e. The number of methoxy groups -OCH3 is 1. The fourth-order valence-corrected chi connectivity index (χ4v) is 4.10. The Bertz CT molecular complexity index is 1240. The first-order chi connectivity index (χ1) is 14.0. The molecule has 0 unspecified atom stereocenters. The SMILES string of the molecule is COc1ccc2[nH]c(C)c(CCn3c(C)nc(=O)c(-c4ccccc4)c3C)c2c1. The van der Waals surface area contributed by atoms with Crippen LogP contribution in [0.15, 0.2) is 53.3 Å². The standard InChI is InChI=1S/C24H25N3O2/c1-15-20(21-14-19(29-4)10-11-22(21)25-15)12-13-27-16(2)23(24(28)26-17(27)3)18-8-6-5-7-9-18/h5-11,14,25H,12-13H2,1-4H3. The molecule has 0 aliphatic heterocycles. The molecule has 0 fully saturated rings. The Hall–Kier alpha value is -3.34. The van der Waals surface area contributed by atoms with Crippen molar-refractivity contribution in [2.75, 3.05) is 7.11 Å². The number of benzene rings is 2. The van der Waals surface area contributed by atoms with Crippen molar-refractivity contribution in [2.24, 2.45) is 0 Å². The molecule has 5 nitrogen and oxygen atoms in total. The van der Waals surface area contributed by atoms with Gasteiger partial charge >= 0.3 is 0 Å². The van der Waals surface area contributed by atoms with Crippen molar-refractivity contribution in [1.82, 2.24) is 14.5 Å². The zero-order chi connectivity index (χ0) is 20.5. The van der Waals surface area contributed by atoms with Crippen LogP contribution in [0.4, 0.5) is 0 Å². The number of ether oxygens (including phenoxy) is 1. The van der Waals surface area contributed by atoms with E-state index in [4.69, 9.17) is 4.74 Å². The summed E-state index contributed by atoms with van der Waals surface area (Å²) in [6.07, 6.45) is 0.833. The normalized spacial score (nSPS) is 11.2. The molecule has 29 heavy (non-hydrogen) atoms. The summed E-state index contributed by atoms with van der Waals surface area (Å²) in [5.74, 6) is 1.59. The van der Waals surface area contributed by atoms with E-state index >= 15 is 0 Å². The average molecular weight is 387 g/mol. The lowest BCUT2D eigenvalue weighted by atomic mass is 10.0. The molecule has 1 N–H and O–H groups in total. The van der Waals surface area contributed by atoms with Crippen LogP contribution in [0.3, 0.4) is 0 Å². The van der Waals surface area contributed by atoms with Crippen molar-refractivity contribution >= 4 is 10.9 Å². The van der Waals surface area contributed by atoms with Gasteiger partial charge in [0.25, 0.3) is 5.56 Å². The zero-order valence-corrected chi connectivity index (χ0v) is 17.2. The number of aromatic nitrogens is 3. The molecule has 0 radical (unpaired) electrons. The molecule has 0 amide bonds. The predicted molar refractivity (Wildman–Crippen MR) is 117 cm³/mol. The number of nitrogens with one attached hydrogen (secondary N) is 1. The van der Waals surface area contributed by atoms with Gasteiger partial charge in [0, 0.05) is 28.8 Å². The van der Waals surface area contributed by atoms with Gasteiger partial charge in [0.2, 0.25) is 0 Å². The van der Waals surface area contributed by atoms with Crippen LogP contribution in [-0.2, 0) is 13.0 Å². The first-order valence-corrected chi connectivity index (χ1v) is 9.78. The molecule has 5 heteroatoms. The third-order valence-corrected chi connectivity index (χ3v) is 5.61. The molecule has 0 aliphatic rings. The maximum atomic E-state index is 12.6. The summed E-state index contributed by atoms with van der Waals surface area (Å²) >= 11 is 0. The van der Waals surface area contributed by atoms with Crippen LogP contribution in [0.2, 0.25) is 0 Å². The van der Waals surface area contributed by atoms with Crippen LogP contribution in [-0.4, -0.2) is 21.6 Å². The molecule has 4 rings (SSSR count). The molecule has 0 saturated carbocycles. The molecule has 2 aromatic heterocycles. The summed E-state index contributed by atoms with van der Waals surface area (Å²) < 4.78 is 7.54. The van der Waals surface area contributed by atoms with Crippen LogP contribution in [0.1, 0.15) is 22.8 Å². The molecular weight excluding hydrogens is 362 g/mol. The first-order valence-electron chi connectivity index (χ1n) is 9.78. The highest BCUT2D eigenvalue weighted by Gasteiger charge is 2.15. The molecule has 2 heterocycles. The second-order valence-electron chi connectivity index (χ2n) is 7.33. The minimum Gasteiger partial charge on any atom is -0.497 e. The molecule has 0 bridgehead atoms. The molecule has 148 valence electrons. The van der Waals surface area contributed by atoms with E-state index in [-0.39, 0.29) is 5.56 Å². The summed E-state index contributed by atoms with van der Waals surface area (Å²) in [7, 11) is 1.68. The van der Waals surface area contributed by atoms with E-state index in [9.17, 15) is 4.79 Å². The van der Waals surface area contributed by atoms with Crippen molar-refractivity contribution < 1.29 is 4.74 Å². The summed E-state index contributed by atoms with van der Waals surface area (Å²) in [5, 5.41) is 1.18. The van der Waals surface area contributed by atoms with E-state index in [0.717, 1.165) is 47.0 Å². The average Bonchev–Trinajstić information content (AvgIpc) is 3.02. The third-order valence-electron chi connectivity index (χ3n) is 5.61. The molecule has 0 spiro atoms. The van der Waals surface area contributed by atoms with Crippen molar-refractivity contribution in [3.63, 3.8) is 0 Å². The summed E-state index contributed by atoms with van der Waals surface area (Å²) in [5.41, 5.74) is 5.88. The minimum absolute atomic E-state index is 0.171. The van der Waals surface area contributed by atoms with E-state index in [1.165, 1.54) is 10.9 Å². The minimum atomic E-state index is -0.171. The van der Waals surface area contributed by atoms with Gasteiger partial charge < -0.3 is 14.3 Å². The Balaban J connectivity index is 1.74. The van der Waals surface area contributed by atoms with Crippen LogP contribution in [0.25, 0.3) is 22.0 Å². The number of H-pyrrole nitrogens is 1. The second-order valence-corrected chi connectivity index (χ2v) is 7.33. The van der Waals surface area contributed by atoms with Gasteiger partial charge in [-0.1, -0.05) is 30.3 Å². The molecule has 2 aromatic carbocycles. The third kappa shape index (κ3) is 3.44. The quantitative estimate of drug-likeness (QED) is 0.546. The lowest BCUT2D eigenvalue weighted by Gasteiger charge is -2.17. The van der Waals surface area contributed by atoms with Crippen molar-refractivity contribution in [3.8, 4) is 16.9 Å². The van der Waals surface area contributed by atoms with Crippen molar-refractivity contribution in [1.29, 1.82) is 0 Å². The topological polar surface area (TPSA) is 59.9 Å². The molecule has 0 saturated heterocycles. The molecule has 0 aliphatic carbocycles. The van der Waals surface area contributed by atoms with E-state index in [1.54, 1.807) is 7.11 Å². The number of hydrogen-bond acceptors (Lipinski definition) is 3. The zero-order valence-electron chi connectivity index (χ0n) is 17.2. The Morgan fingerprint density at radius 2 is 1.83 bits per heavy atom. The molecule has 0 atom stereocenters. The molecule has 4 aromatic rings. The Morgan fingerprint density at radius 3 is 2.55 bits per heavy atom. The van der Waals surface area contributed by atoms with E-state index in [0.29, 0.717) is 5.56 Å². The highest BCUT2D eigenvalue weighted by atomic mass is 16.5. The van der Waals surface area contributed by atoms with Gasteiger partial charge in [0.1, 0.15) is 11.6 Å². The first kappa shape index (κ1) is 19.0. The number of hydrogen-bond donors (Lipinski definition) is 1. The number of aryl methyl sites for hydroxylation is 3. The van der Waals surface area contributed by atoms with Crippen LogP contribution < -0.4 is 10.3 Å². The van der Waals surface area contributed by atoms with Gasteiger partial charge in [-0.25, -0.2) is 0 Å². The van der Waals surface area contributed by atoms with Crippen molar-refractivity contribution in [3.05, 3.63) is 81.7 Å². The van der Waals surface area contributed by atoms with E-state index in [1.807, 2.05) is 50.2 Å². The van der Waals surface area contributed by atoms with Crippen LogP contribution in [0, 0.1) is 20.8 Å². The summed E-state index contributed by atoms with van der Waals surface area (Å²) in [6, 6.07) is 15.9. The van der Waals surface area contributed by atoms with Gasteiger partial charge in [0.15, 0.2) is 0 Å². The number of rotatable bonds is 5. The summed E-state index contributed by atoms with van der Waals surface area (Å²) in [6.45, 7) is 6.74. The predicted octanol–water partition coefficient (Wildman–Crippen LogP) is 4.57. The largest absolute Gasteiger partial charge is 0.497 e. The monoisotopic (exact) mass is 387 g/mol. The number of nitrogens with zero attached hydrogens (tertiary/aromatic N) is 2. The van der Waals surface area contributed by atoms with Gasteiger partial charge in [-0.05, 0) is 56.5 Å². The van der Waals surface area contributed by atoms with Gasteiger partial charge in [-0.2, -0.15) is 4.98 Å². The Labute approximate surface area is 170 Å². The van der Waals surface area contributed by atoms with E-state index in [2.05, 4.69) is 33.6 Å². The highest BCUT2D eigenvalue weighted by Crippen LogP contribution is 2.27. The lowest BCUT2D eigenvalue weighted by molar-refractivity contribution is 0.415. The van der Waals surface area contributed by atoms with E-state index < -0.39 is 0 Å². The second kappa shape index (κ2) is 7.59. The van der Waals surface area contributed by atoms with Crippen molar-refractivity contribution in [2.45, 2.75) is 33.7 Å². The number of fused-ring (bicyclic) bond motifs is 1.